The summed E-state index contributed by atoms with van der Waals surface area (Å²) in [7, 11) is 0. The molecule has 0 spiro atoms. The van der Waals surface area contributed by atoms with Gasteiger partial charge >= 0.3 is 5.97 Å². The van der Waals surface area contributed by atoms with E-state index in [1.807, 2.05) is 0 Å². The van der Waals surface area contributed by atoms with Gasteiger partial charge in [0.25, 0.3) is 0 Å². The van der Waals surface area contributed by atoms with Gasteiger partial charge in [-0.2, -0.15) is 0 Å². The summed E-state index contributed by atoms with van der Waals surface area (Å²) in [5.74, 6) is -5.40. The molecular weight excluding hydrogens is 392 g/mol. The van der Waals surface area contributed by atoms with Crippen LogP contribution in [0.3, 0.4) is 0 Å². The van der Waals surface area contributed by atoms with Crippen LogP contribution in [0, 0.1) is 13.8 Å². The van der Waals surface area contributed by atoms with Gasteiger partial charge in [-0.1, -0.05) is 0 Å². The predicted molar refractivity (Wildman–Crippen MR) is 103 cm³/mol. The highest BCUT2D eigenvalue weighted by atomic mass is 16.5. The number of ether oxygens (including phenoxy) is 1. The Morgan fingerprint density at radius 1 is 0.833 bits per heavy atom. The smallest absolute Gasteiger partial charge is 0.339 e. The van der Waals surface area contributed by atoms with Gasteiger partial charge < -0.3 is 20.1 Å². The first-order valence-electron chi connectivity index (χ1n) is 9.03. The Kier molecular flexibility index (Phi) is 4.06. The molecule has 2 aromatic rings. The Hall–Kier alpha value is -3.94. The number of rotatable bonds is 1. The number of carbonyl (C=O) groups is 4. The van der Waals surface area contributed by atoms with Crippen LogP contribution < -0.4 is 0 Å². The zero-order valence-corrected chi connectivity index (χ0v) is 16.2. The monoisotopic (exact) mass is 408 g/mol. The topological polar surface area (TPSA) is 138 Å². The Morgan fingerprint density at radius 3 is 2.17 bits per heavy atom. The number of hydrogen-bond donors (Lipinski definition) is 3. The van der Waals surface area contributed by atoms with Gasteiger partial charge in [-0.15, -0.1) is 0 Å². The summed E-state index contributed by atoms with van der Waals surface area (Å²) in [5, 5.41) is 31.5. The minimum Gasteiger partial charge on any atom is -0.507 e. The highest BCUT2D eigenvalue weighted by Gasteiger charge is 2.41. The van der Waals surface area contributed by atoms with Crippen molar-refractivity contribution in [3.05, 3.63) is 62.9 Å². The van der Waals surface area contributed by atoms with Crippen molar-refractivity contribution >= 4 is 28.9 Å². The molecule has 1 aliphatic carbocycles. The van der Waals surface area contributed by atoms with Crippen LogP contribution in [-0.2, 0) is 4.74 Å². The van der Waals surface area contributed by atoms with Gasteiger partial charge in [0.2, 0.25) is 11.6 Å². The summed E-state index contributed by atoms with van der Waals surface area (Å²) < 4.78 is 4.94. The van der Waals surface area contributed by atoms with Gasteiger partial charge in [-0.05, 0) is 50.1 Å². The molecule has 2 aromatic carbocycles. The van der Waals surface area contributed by atoms with E-state index in [-0.39, 0.29) is 33.4 Å². The number of carbonyl (C=O) groups excluding carboxylic acids is 4. The van der Waals surface area contributed by atoms with Crippen molar-refractivity contribution in [1.82, 2.24) is 0 Å². The largest absolute Gasteiger partial charge is 0.507 e. The third-order valence-electron chi connectivity index (χ3n) is 5.28. The molecule has 0 unspecified atom stereocenters. The number of phenols is 2. The quantitative estimate of drug-likeness (QED) is 0.613. The number of esters is 1. The number of phenolic OH excluding ortho intramolecular Hbond substituents is 2. The molecule has 0 radical (unpaired) electrons. The molecule has 2 aliphatic rings. The lowest BCUT2D eigenvalue weighted by Gasteiger charge is -2.25. The van der Waals surface area contributed by atoms with Crippen LogP contribution in [0.4, 0.5) is 0 Å². The van der Waals surface area contributed by atoms with E-state index in [0.717, 1.165) is 0 Å². The van der Waals surface area contributed by atoms with Crippen molar-refractivity contribution in [3.8, 4) is 11.5 Å². The predicted octanol–water partition coefficient (Wildman–Crippen LogP) is 2.80. The molecule has 8 heteroatoms. The van der Waals surface area contributed by atoms with Gasteiger partial charge in [0.1, 0.15) is 11.5 Å². The number of ketones is 3. The number of cyclic esters (lactones) is 1. The van der Waals surface area contributed by atoms with Crippen molar-refractivity contribution in [2.45, 2.75) is 26.9 Å². The first-order valence-corrected chi connectivity index (χ1v) is 9.03. The normalized spacial score (nSPS) is 18.3. The number of aryl methyl sites for hydroxylation is 2. The van der Waals surface area contributed by atoms with Crippen LogP contribution in [0.25, 0.3) is 5.57 Å². The Morgan fingerprint density at radius 2 is 1.50 bits per heavy atom. The van der Waals surface area contributed by atoms with Crippen LogP contribution in [0.15, 0.2) is 24.0 Å². The number of aliphatic hydroxyl groups excluding tert-OH is 1. The molecule has 1 atom stereocenters. The fraction of sp³-hybridized carbons (Fsp3) is 0.182. The first-order chi connectivity index (χ1) is 14.0. The highest BCUT2D eigenvalue weighted by molar-refractivity contribution is 6.41. The molecule has 8 nitrogen and oxygen atoms in total. The minimum absolute atomic E-state index is 0.138. The lowest BCUT2D eigenvalue weighted by atomic mass is 9.80. The van der Waals surface area contributed by atoms with Crippen LogP contribution >= 0.6 is 0 Å². The molecule has 30 heavy (non-hydrogen) atoms. The average Bonchev–Trinajstić information content (AvgIpc) is 2.66. The van der Waals surface area contributed by atoms with Crippen LogP contribution in [0.2, 0.25) is 0 Å². The van der Waals surface area contributed by atoms with Crippen molar-refractivity contribution in [3.63, 3.8) is 0 Å². The van der Waals surface area contributed by atoms with Crippen LogP contribution in [-0.4, -0.2) is 44.7 Å². The molecule has 0 saturated heterocycles. The molecule has 0 aromatic heterocycles. The molecule has 0 fully saturated rings. The van der Waals surface area contributed by atoms with Crippen LogP contribution in [0.5, 0.6) is 11.5 Å². The summed E-state index contributed by atoms with van der Waals surface area (Å²) in [6.45, 7) is 4.41. The lowest BCUT2D eigenvalue weighted by Crippen LogP contribution is -2.32. The molecule has 1 heterocycles. The Labute approximate surface area is 170 Å². The zero-order chi connectivity index (χ0) is 22.1. The molecule has 152 valence electrons. The van der Waals surface area contributed by atoms with E-state index in [2.05, 4.69) is 0 Å². The maximum atomic E-state index is 13.2. The minimum atomic E-state index is -1.14. The number of fused-ring (bicyclic) bond motifs is 2. The summed E-state index contributed by atoms with van der Waals surface area (Å²) in [6.07, 6.45) is -1.14. The number of benzene rings is 2. The van der Waals surface area contributed by atoms with Gasteiger partial charge in [0, 0.05) is 11.1 Å². The third kappa shape index (κ3) is 2.46. The van der Waals surface area contributed by atoms with E-state index < -0.39 is 52.3 Å². The molecule has 4 rings (SSSR count). The number of aromatic hydroxyl groups is 2. The maximum Gasteiger partial charge on any atom is 0.339 e. The van der Waals surface area contributed by atoms with Crippen molar-refractivity contribution in [2.24, 2.45) is 0 Å². The van der Waals surface area contributed by atoms with E-state index in [1.54, 1.807) is 6.92 Å². The van der Waals surface area contributed by atoms with Crippen LogP contribution in [0.1, 0.15) is 65.0 Å². The maximum absolute atomic E-state index is 13.2. The molecule has 0 saturated carbocycles. The molecular formula is C22H16O8. The van der Waals surface area contributed by atoms with E-state index in [4.69, 9.17) is 4.74 Å². The van der Waals surface area contributed by atoms with Gasteiger partial charge in [0.05, 0.1) is 22.3 Å². The zero-order valence-electron chi connectivity index (χ0n) is 16.2. The van der Waals surface area contributed by atoms with Crippen molar-refractivity contribution < 1.29 is 39.2 Å². The van der Waals surface area contributed by atoms with E-state index >= 15 is 0 Å². The van der Waals surface area contributed by atoms with Gasteiger partial charge in [0.15, 0.2) is 17.6 Å². The molecule has 0 amide bonds. The first kappa shape index (κ1) is 19.4. The summed E-state index contributed by atoms with van der Waals surface area (Å²) in [6, 6.07) is 3.93. The van der Waals surface area contributed by atoms with E-state index in [9.17, 15) is 34.5 Å². The highest BCUT2D eigenvalue weighted by Crippen LogP contribution is 2.43. The molecule has 3 N–H and O–H groups in total. The second-order valence-electron chi connectivity index (χ2n) is 7.34. The second kappa shape index (κ2) is 6.28. The average molecular weight is 408 g/mol. The van der Waals surface area contributed by atoms with E-state index in [1.165, 1.54) is 32.0 Å². The van der Waals surface area contributed by atoms with E-state index in [0.29, 0.717) is 5.56 Å². The fourth-order valence-electron chi connectivity index (χ4n) is 3.90. The summed E-state index contributed by atoms with van der Waals surface area (Å²) in [4.78, 5) is 50.6. The fourth-order valence-corrected chi connectivity index (χ4v) is 3.90. The molecule has 1 aliphatic heterocycles. The molecule has 0 bridgehead atoms. The third-order valence-corrected chi connectivity index (χ3v) is 5.28. The Bertz CT molecular complexity index is 1250. The van der Waals surface area contributed by atoms with Crippen molar-refractivity contribution in [2.75, 3.05) is 0 Å². The number of aliphatic hydroxyl groups is 1. The SMILES string of the molecule is Cc1cc(O)c2c(c1)C(=O)C(c1c(C)cc3c(c1O)C(=O)[C@H](C)OC3=O)=C(O)C2=O. The van der Waals surface area contributed by atoms with Gasteiger partial charge in [-0.3, -0.25) is 14.4 Å². The number of allylic oxidation sites excluding steroid dienone is 2. The summed E-state index contributed by atoms with van der Waals surface area (Å²) >= 11 is 0. The number of Topliss-reactive ketones (excluding diaryl/α,β-unsaturated/α-hetero) is 3. The number of hydrogen-bond acceptors (Lipinski definition) is 8. The van der Waals surface area contributed by atoms with Crippen molar-refractivity contribution in [1.29, 1.82) is 0 Å². The standard InChI is InChI=1S/C22H16O8/c1-7-4-10-14(12(23)5-7)20(27)21(28)16(18(10)25)13-8(2)6-11-15(19(13)26)17(24)9(3)30-22(11)29/h4-6,9,23,26,28H,1-3H3/t9-/m0/s1. The lowest BCUT2D eigenvalue weighted by molar-refractivity contribution is 0.0279. The second-order valence-corrected chi connectivity index (χ2v) is 7.34. The van der Waals surface area contributed by atoms with Gasteiger partial charge in [-0.25, -0.2) is 4.79 Å². The Balaban J connectivity index is 2.03. The summed E-state index contributed by atoms with van der Waals surface area (Å²) in [5.41, 5.74) is -1.03.